The van der Waals surface area contributed by atoms with E-state index in [2.05, 4.69) is 5.32 Å². The van der Waals surface area contributed by atoms with Gasteiger partial charge in [0.1, 0.15) is 0 Å². The zero-order valence-electron chi connectivity index (χ0n) is 11.1. The Morgan fingerprint density at radius 3 is 2.48 bits per heavy atom. The molecular weight excluding hydrogens is 289 g/mol. The van der Waals surface area contributed by atoms with Crippen molar-refractivity contribution in [1.29, 1.82) is 0 Å². The average molecular weight is 304 g/mol. The summed E-state index contributed by atoms with van der Waals surface area (Å²) in [7, 11) is 0. The third-order valence-corrected chi connectivity index (χ3v) is 2.83. The predicted octanol–water partition coefficient (Wildman–Crippen LogP) is 2.71. The zero-order chi connectivity index (χ0) is 15.5. The maximum absolute atomic E-state index is 12.1. The Bertz CT molecular complexity index is 532. The van der Waals surface area contributed by atoms with Crippen molar-refractivity contribution in [2.75, 3.05) is 24.3 Å². The largest absolute Gasteiger partial charge is 0.489 e. The molecule has 0 fully saturated rings. The van der Waals surface area contributed by atoms with E-state index in [0.717, 1.165) is 0 Å². The molecule has 0 radical (unpaired) electrons. The van der Waals surface area contributed by atoms with Crippen LogP contribution in [0.25, 0.3) is 0 Å². The Balaban J connectivity index is 2.06. The summed E-state index contributed by atoms with van der Waals surface area (Å²) in [5, 5.41) is 2.35. The molecule has 0 saturated heterocycles. The first-order valence-electron chi connectivity index (χ1n) is 6.41. The average Bonchev–Trinajstić information content (AvgIpc) is 2.61. The molecule has 0 atom stereocenters. The van der Waals surface area contributed by atoms with Gasteiger partial charge in [0.2, 0.25) is 5.91 Å². The number of halogens is 3. The van der Waals surface area contributed by atoms with Gasteiger partial charge < -0.3 is 20.5 Å². The number of fused-ring (bicyclic) bond motifs is 1. The number of benzene rings is 1. The van der Waals surface area contributed by atoms with Gasteiger partial charge in [0, 0.05) is 25.0 Å². The molecule has 0 aliphatic carbocycles. The van der Waals surface area contributed by atoms with Crippen LogP contribution in [0.5, 0.6) is 11.5 Å². The van der Waals surface area contributed by atoms with Crippen molar-refractivity contribution >= 4 is 17.3 Å². The highest BCUT2D eigenvalue weighted by Gasteiger charge is 2.28. The van der Waals surface area contributed by atoms with Crippen molar-refractivity contribution in [2.45, 2.75) is 25.4 Å². The van der Waals surface area contributed by atoms with Gasteiger partial charge in [-0.15, -0.1) is 0 Å². The number of hydrogen-bond acceptors (Lipinski definition) is 4. The van der Waals surface area contributed by atoms with Crippen LogP contribution in [0, 0.1) is 0 Å². The molecular formula is C13H15F3N2O3. The summed E-state index contributed by atoms with van der Waals surface area (Å²) < 4.78 is 47.0. The molecule has 5 nitrogen and oxygen atoms in total. The third kappa shape index (κ3) is 4.44. The topological polar surface area (TPSA) is 73.6 Å². The van der Waals surface area contributed by atoms with E-state index in [0.29, 0.717) is 31.1 Å². The van der Waals surface area contributed by atoms with Crippen LogP contribution in [0.4, 0.5) is 24.5 Å². The molecule has 1 heterocycles. The zero-order valence-corrected chi connectivity index (χ0v) is 11.1. The number of ether oxygens (including phenoxy) is 2. The summed E-state index contributed by atoms with van der Waals surface area (Å²) in [4.78, 5) is 11.5. The van der Waals surface area contributed by atoms with Crippen LogP contribution >= 0.6 is 0 Å². The van der Waals surface area contributed by atoms with E-state index in [1.165, 1.54) is 12.1 Å². The number of rotatable bonds is 3. The molecule has 0 bridgehead atoms. The van der Waals surface area contributed by atoms with Crippen molar-refractivity contribution in [1.82, 2.24) is 0 Å². The van der Waals surface area contributed by atoms with Gasteiger partial charge in [-0.05, 0) is 0 Å². The molecule has 0 aromatic heterocycles. The molecule has 116 valence electrons. The minimum absolute atomic E-state index is 0.208. The first kappa shape index (κ1) is 15.3. The van der Waals surface area contributed by atoms with Crippen molar-refractivity contribution in [3.63, 3.8) is 0 Å². The van der Waals surface area contributed by atoms with Crippen LogP contribution in [0.3, 0.4) is 0 Å². The second kappa shape index (κ2) is 6.11. The Morgan fingerprint density at radius 2 is 1.86 bits per heavy atom. The van der Waals surface area contributed by atoms with Gasteiger partial charge in [-0.3, -0.25) is 4.79 Å². The number of amides is 1. The number of anilines is 2. The van der Waals surface area contributed by atoms with Gasteiger partial charge in [0.25, 0.3) is 0 Å². The lowest BCUT2D eigenvalue weighted by Gasteiger charge is -2.13. The maximum Gasteiger partial charge on any atom is 0.389 e. The van der Waals surface area contributed by atoms with Crippen molar-refractivity contribution < 1.29 is 27.4 Å². The number of carbonyl (C=O) groups is 1. The number of alkyl halides is 3. The first-order chi connectivity index (χ1) is 9.85. The Hall–Kier alpha value is -2.12. The lowest BCUT2D eigenvalue weighted by molar-refractivity contribution is -0.142. The molecule has 2 rings (SSSR count). The highest BCUT2D eigenvalue weighted by atomic mass is 19.4. The molecule has 1 amide bonds. The van der Waals surface area contributed by atoms with Crippen molar-refractivity contribution in [3.8, 4) is 11.5 Å². The summed E-state index contributed by atoms with van der Waals surface area (Å²) in [6.07, 6.45) is -5.49. The fraction of sp³-hybridized carbons (Fsp3) is 0.462. The number of hydrogen-bond donors (Lipinski definition) is 2. The Kier molecular flexibility index (Phi) is 4.44. The van der Waals surface area contributed by atoms with Crippen LogP contribution in [0.15, 0.2) is 12.1 Å². The van der Waals surface area contributed by atoms with E-state index in [-0.39, 0.29) is 11.4 Å². The van der Waals surface area contributed by atoms with Gasteiger partial charge in [0.15, 0.2) is 11.5 Å². The van der Waals surface area contributed by atoms with Crippen LogP contribution in [-0.2, 0) is 4.79 Å². The summed E-state index contributed by atoms with van der Waals surface area (Å²) in [5.41, 5.74) is 6.18. The smallest absolute Gasteiger partial charge is 0.389 e. The normalized spacial score (nSPS) is 14.4. The molecule has 1 aromatic rings. The molecule has 8 heteroatoms. The fourth-order valence-electron chi connectivity index (χ4n) is 1.80. The molecule has 1 aliphatic heterocycles. The monoisotopic (exact) mass is 304 g/mol. The SMILES string of the molecule is Nc1cc2c(cc1NC(=O)CCC(F)(F)F)OCCCO2. The second-order valence-electron chi connectivity index (χ2n) is 4.60. The van der Waals surface area contributed by atoms with Gasteiger partial charge in [-0.25, -0.2) is 0 Å². The Morgan fingerprint density at radius 1 is 1.24 bits per heavy atom. The molecule has 1 aliphatic rings. The lowest BCUT2D eigenvalue weighted by atomic mass is 10.2. The summed E-state index contributed by atoms with van der Waals surface area (Å²) >= 11 is 0. The molecule has 3 N–H and O–H groups in total. The van der Waals surface area contributed by atoms with E-state index in [1.54, 1.807) is 0 Å². The van der Waals surface area contributed by atoms with Gasteiger partial charge in [-0.1, -0.05) is 0 Å². The molecule has 1 aromatic carbocycles. The Labute approximate surface area is 119 Å². The number of nitrogens with two attached hydrogens (primary N) is 1. The predicted molar refractivity (Wildman–Crippen MR) is 70.4 cm³/mol. The summed E-state index contributed by atoms with van der Waals surface area (Å²) in [6, 6.07) is 2.95. The van der Waals surface area contributed by atoms with Crippen molar-refractivity contribution in [2.24, 2.45) is 0 Å². The van der Waals surface area contributed by atoms with Crippen LogP contribution in [-0.4, -0.2) is 25.3 Å². The maximum atomic E-state index is 12.1. The number of nitrogen functional groups attached to an aromatic ring is 1. The quantitative estimate of drug-likeness (QED) is 0.842. The fourth-order valence-corrected chi connectivity index (χ4v) is 1.80. The van der Waals surface area contributed by atoms with E-state index in [1.807, 2.05) is 0 Å². The van der Waals surface area contributed by atoms with E-state index in [9.17, 15) is 18.0 Å². The van der Waals surface area contributed by atoms with Crippen LogP contribution in [0.1, 0.15) is 19.3 Å². The van der Waals surface area contributed by atoms with E-state index in [4.69, 9.17) is 15.2 Å². The molecule has 0 unspecified atom stereocenters. The number of carbonyl (C=O) groups excluding carboxylic acids is 1. The highest BCUT2D eigenvalue weighted by molar-refractivity contribution is 5.94. The van der Waals surface area contributed by atoms with Crippen LogP contribution in [0.2, 0.25) is 0 Å². The summed E-state index contributed by atoms with van der Waals surface area (Å²) in [6.45, 7) is 0.947. The van der Waals surface area contributed by atoms with Gasteiger partial charge in [-0.2, -0.15) is 13.2 Å². The second-order valence-corrected chi connectivity index (χ2v) is 4.60. The summed E-state index contributed by atoms with van der Waals surface area (Å²) in [5.74, 6) is 0.111. The minimum atomic E-state index is -4.37. The van der Waals surface area contributed by atoms with E-state index < -0.39 is 24.9 Å². The van der Waals surface area contributed by atoms with Gasteiger partial charge >= 0.3 is 6.18 Å². The standard InChI is InChI=1S/C13H15F3N2O3/c14-13(15,16)3-2-12(19)18-9-7-11-10(6-8(9)17)20-4-1-5-21-11/h6-7H,1-5,17H2,(H,18,19). The first-order valence-corrected chi connectivity index (χ1v) is 6.41. The molecule has 0 spiro atoms. The van der Waals surface area contributed by atoms with Crippen LogP contribution < -0.4 is 20.5 Å². The number of nitrogens with one attached hydrogen (secondary N) is 1. The third-order valence-electron chi connectivity index (χ3n) is 2.83. The lowest BCUT2D eigenvalue weighted by Crippen LogP contribution is -2.17. The highest BCUT2D eigenvalue weighted by Crippen LogP contribution is 2.36. The minimum Gasteiger partial charge on any atom is -0.489 e. The molecule has 0 saturated carbocycles. The van der Waals surface area contributed by atoms with Crippen molar-refractivity contribution in [3.05, 3.63) is 12.1 Å². The molecule has 21 heavy (non-hydrogen) atoms. The van der Waals surface area contributed by atoms with E-state index >= 15 is 0 Å². The van der Waals surface area contributed by atoms with Gasteiger partial charge in [0.05, 0.1) is 31.0 Å².